The number of rotatable bonds is 44. The van der Waals surface area contributed by atoms with Crippen molar-refractivity contribution < 1.29 is 24.5 Å². The molecule has 2 unspecified atom stereocenters. The molecule has 0 aromatic carbocycles. The molecule has 2 atom stereocenters. The summed E-state index contributed by atoms with van der Waals surface area (Å²) >= 11 is 0. The number of nitrogens with one attached hydrogen (secondary N) is 1. The molecule has 6 heteroatoms. The third-order valence-electron chi connectivity index (χ3n) is 10.9. The Morgan fingerprint density at radius 1 is 0.500 bits per heavy atom. The first-order chi connectivity index (χ1) is 27.5. The van der Waals surface area contributed by atoms with E-state index < -0.39 is 12.1 Å². The first kappa shape index (κ1) is 54.1. The number of hydrogen-bond donors (Lipinski definition) is 3. The summed E-state index contributed by atoms with van der Waals surface area (Å²) in [5.74, 6) is -0.0923. The number of esters is 1. The highest BCUT2D eigenvalue weighted by Gasteiger charge is 2.20. The van der Waals surface area contributed by atoms with Crippen molar-refractivity contribution >= 4 is 11.9 Å². The fourth-order valence-electron chi connectivity index (χ4n) is 7.15. The minimum Gasteiger partial charge on any atom is -0.466 e. The van der Waals surface area contributed by atoms with Crippen LogP contribution in [0.4, 0.5) is 0 Å². The van der Waals surface area contributed by atoms with Crippen LogP contribution in [0.15, 0.2) is 36.5 Å². The predicted molar refractivity (Wildman–Crippen MR) is 241 cm³/mol. The molecule has 0 fully saturated rings. The number of amides is 1. The van der Waals surface area contributed by atoms with Gasteiger partial charge in [-0.15, -0.1) is 0 Å². The van der Waals surface area contributed by atoms with Gasteiger partial charge in [0.2, 0.25) is 5.91 Å². The van der Waals surface area contributed by atoms with Gasteiger partial charge in [-0.2, -0.15) is 0 Å². The van der Waals surface area contributed by atoms with Gasteiger partial charge in [0.15, 0.2) is 0 Å². The maximum Gasteiger partial charge on any atom is 0.305 e. The smallest absolute Gasteiger partial charge is 0.305 e. The van der Waals surface area contributed by atoms with E-state index in [0.717, 1.165) is 77.0 Å². The van der Waals surface area contributed by atoms with E-state index in [4.69, 9.17) is 4.74 Å². The molecule has 0 radical (unpaired) electrons. The van der Waals surface area contributed by atoms with Gasteiger partial charge in [-0.1, -0.05) is 185 Å². The molecule has 0 saturated carbocycles. The number of allylic oxidation sites excluding steroid dienone is 6. The fraction of sp³-hybridized carbons (Fsp3) is 0.840. The van der Waals surface area contributed by atoms with Crippen molar-refractivity contribution in [1.29, 1.82) is 0 Å². The molecule has 0 bridgehead atoms. The van der Waals surface area contributed by atoms with Crippen LogP contribution in [0.5, 0.6) is 0 Å². The standard InChI is InChI=1S/C50H93NO5/c1-3-5-7-9-11-13-14-15-17-21-24-28-32-36-40-44-50(55)56-45-41-37-33-29-25-22-19-16-18-20-23-27-31-35-39-43-49(54)51-47(46-52)48(53)42-38-34-30-26-12-10-8-6-4-2/h15-17,19,22,25,47-48,52-53H,3-14,18,20-21,23-24,26-46H2,1-2H3,(H,51,54)/b17-15-,19-16-,25-22-. The lowest BCUT2D eigenvalue weighted by atomic mass is 10.0. The topological polar surface area (TPSA) is 95.9 Å². The number of carbonyl (C=O) groups is 2. The average molecular weight is 788 g/mol. The molecule has 0 spiro atoms. The molecule has 3 N–H and O–H groups in total. The zero-order chi connectivity index (χ0) is 40.8. The lowest BCUT2D eigenvalue weighted by Gasteiger charge is -2.22. The van der Waals surface area contributed by atoms with E-state index in [-0.39, 0.29) is 18.5 Å². The number of ether oxygens (including phenoxy) is 1. The monoisotopic (exact) mass is 788 g/mol. The molecule has 0 aliphatic carbocycles. The summed E-state index contributed by atoms with van der Waals surface area (Å²) < 4.78 is 5.43. The van der Waals surface area contributed by atoms with Crippen LogP contribution in [-0.2, 0) is 14.3 Å². The van der Waals surface area contributed by atoms with Gasteiger partial charge in [-0.05, 0) is 83.5 Å². The fourth-order valence-corrected chi connectivity index (χ4v) is 7.15. The van der Waals surface area contributed by atoms with Crippen molar-refractivity contribution in [3.63, 3.8) is 0 Å². The predicted octanol–water partition coefficient (Wildman–Crippen LogP) is 14.1. The molecule has 0 aromatic heterocycles. The summed E-state index contributed by atoms with van der Waals surface area (Å²) in [6.45, 7) is 4.85. The van der Waals surface area contributed by atoms with Crippen molar-refractivity contribution in [1.82, 2.24) is 5.32 Å². The highest BCUT2D eigenvalue weighted by molar-refractivity contribution is 5.76. The van der Waals surface area contributed by atoms with E-state index >= 15 is 0 Å². The van der Waals surface area contributed by atoms with Gasteiger partial charge in [-0.3, -0.25) is 9.59 Å². The van der Waals surface area contributed by atoms with Gasteiger partial charge in [0, 0.05) is 12.8 Å². The average Bonchev–Trinajstić information content (AvgIpc) is 3.20. The van der Waals surface area contributed by atoms with E-state index in [1.54, 1.807) is 0 Å². The van der Waals surface area contributed by atoms with Crippen LogP contribution in [0, 0.1) is 0 Å². The van der Waals surface area contributed by atoms with Crippen LogP contribution in [-0.4, -0.2) is 47.4 Å². The van der Waals surface area contributed by atoms with Crippen LogP contribution >= 0.6 is 0 Å². The summed E-state index contributed by atoms with van der Waals surface area (Å²) in [6.07, 6.45) is 54.0. The Bertz CT molecular complexity index is 915. The van der Waals surface area contributed by atoms with E-state index in [2.05, 4.69) is 55.6 Å². The van der Waals surface area contributed by atoms with E-state index in [9.17, 15) is 19.8 Å². The van der Waals surface area contributed by atoms with Crippen LogP contribution in [0.3, 0.4) is 0 Å². The molecule has 328 valence electrons. The Balaban J connectivity index is 3.52. The third-order valence-corrected chi connectivity index (χ3v) is 10.9. The Morgan fingerprint density at radius 2 is 0.893 bits per heavy atom. The molecule has 6 nitrogen and oxygen atoms in total. The second kappa shape index (κ2) is 45.8. The molecule has 0 saturated heterocycles. The van der Waals surface area contributed by atoms with E-state index in [1.165, 1.54) is 135 Å². The molecule has 0 aromatic rings. The molecule has 0 aliphatic heterocycles. The lowest BCUT2D eigenvalue weighted by Crippen LogP contribution is -2.45. The summed E-state index contributed by atoms with van der Waals surface area (Å²) in [7, 11) is 0. The molecular formula is C50H93NO5. The maximum absolute atomic E-state index is 12.4. The molecular weight excluding hydrogens is 695 g/mol. The molecule has 56 heavy (non-hydrogen) atoms. The second-order valence-corrected chi connectivity index (χ2v) is 16.5. The first-order valence-corrected chi connectivity index (χ1v) is 24.3. The Labute approximate surface area is 347 Å². The van der Waals surface area contributed by atoms with Crippen molar-refractivity contribution in [2.75, 3.05) is 13.2 Å². The molecule has 0 heterocycles. The number of hydrogen-bond acceptors (Lipinski definition) is 5. The van der Waals surface area contributed by atoms with Crippen LogP contribution < -0.4 is 5.32 Å². The number of unbranched alkanes of at least 4 members (excludes halogenated alkanes) is 28. The summed E-state index contributed by atoms with van der Waals surface area (Å²) in [6, 6.07) is -0.556. The van der Waals surface area contributed by atoms with Crippen molar-refractivity contribution in [3.05, 3.63) is 36.5 Å². The Hall–Kier alpha value is -1.92. The number of aliphatic hydroxyl groups excluding tert-OH is 2. The summed E-state index contributed by atoms with van der Waals surface area (Å²) in [4.78, 5) is 24.4. The highest BCUT2D eigenvalue weighted by atomic mass is 16.5. The van der Waals surface area contributed by atoms with Crippen molar-refractivity contribution in [2.45, 2.75) is 257 Å². The molecule has 0 rings (SSSR count). The van der Waals surface area contributed by atoms with E-state index in [0.29, 0.717) is 25.9 Å². The van der Waals surface area contributed by atoms with E-state index in [1.807, 2.05) is 0 Å². The lowest BCUT2D eigenvalue weighted by molar-refractivity contribution is -0.143. The quantitative estimate of drug-likeness (QED) is 0.0247. The van der Waals surface area contributed by atoms with Crippen LogP contribution in [0.2, 0.25) is 0 Å². The number of carbonyl (C=O) groups excluding carboxylic acids is 2. The zero-order valence-electron chi connectivity index (χ0n) is 37.1. The third kappa shape index (κ3) is 41.7. The minimum atomic E-state index is -0.676. The second-order valence-electron chi connectivity index (χ2n) is 16.5. The van der Waals surface area contributed by atoms with Crippen molar-refractivity contribution in [3.8, 4) is 0 Å². The maximum atomic E-state index is 12.4. The Morgan fingerprint density at radius 3 is 1.38 bits per heavy atom. The first-order valence-electron chi connectivity index (χ1n) is 24.3. The van der Waals surface area contributed by atoms with Gasteiger partial charge < -0.3 is 20.3 Å². The molecule has 0 aliphatic rings. The van der Waals surface area contributed by atoms with Crippen LogP contribution in [0.1, 0.15) is 245 Å². The minimum absolute atomic E-state index is 0.0306. The van der Waals surface area contributed by atoms with Crippen molar-refractivity contribution in [2.24, 2.45) is 0 Å². The summed E-state index contributed by atoms with van der Waals surface area (Å²) in [5.41, 5.74) is 0. The Kier molecular flexibility index (Phi) is 44.2. The van der Waals surface area contributed by atoms with Gasteiger partial charge in [0.25, 0.3) is 0 Å². The highest BCUT2D eigenvalue weighted by Crippen LogP contribution is 2.14. The van der Waals surface area contributed by atoms with Crippen LogP contribution in [0.25, 0.3) is 0 Å². The van der Waals surface area contributed by atoms with Gasteiger partial charge in [-0.25, -0.2) is 0 Å². The van der Waals surface area contributed by atoms with Gasteiger partial charge in [0.1, 0.15) is 0 Å². The zero-order valence-corrected chi connectivity index (χ0v) is 37.1. The summed E-state index contributed by atoms with van der Waals surface area (Å²) in [5, 5.41) is 23.0. The van der Waals surface area contributed by atoms with Gasteiger partial charge in [0.05, 0.1) is 25.4 Å². The SMILES string of the molecule is CCCCCCCC/C=C\CCCCCCCC(=O)OCCCCC/C=C\C=C/CCCCCCCCC(=O)NC(CO)C(O)CCCCCCCCCCC. The normalized spacial score (nSPS) is 13.0. The largest absolute Gasteiger partial charge is 0.466 e. The number of aliphatic hydroxyl groups is 2. The van der Waals surface area contributed by atoms with Gasteiger partial charge >= 0.3 is 5.97 Å². The molecule has 1 amide bonds.